The summed E-state index contributed by atoms with van der Waals surface area (Å²) in [5, 5.41) is 10.0. The van der Waals surface area contributed by atoms with Gasteiger partial charge in [0.15, 0.2) is 0 Å². The number of benzene rings is 2. The number of alkyl halides is 3. The number of aliphatic hydroxyl groups excluding tert-OH is 1. The predicted molar refractivity (Wildman–Crippen MR) is 74.2 cm³/mol. The Morgan fingerprint density at radius 3 is 2.24 bits per heavy atom. The lowest BCUT2D eigenvalue weighted by molar-refractivity contribution is -0.137. The van der Waals surface area contributed by atoms with Gasteiger partial charge in [-0.2, -0.15) is 13.2 Å². The maximum absolute atomic E-state index is 13.3. The van der Waals surface area contributed by atoms with E-state index in [0.717, 1.165) is 22.2 Å². The number of rotatable bonds is 3. The van der Waals surface area contributed by atoms with Crippen LogP contribution in [0.3, 0.4) is 0 Å². The van der Waals surface area contributed by atoms with Crippen LogP contribution in [-0.4, -0.2) is 5.11 Å². The van der Waals surface area contributed by atoms with Crippen LogP contribution < -0.4 is 0 Å². The van der Waals surface area contributed by atoms with Crippen molar-refractivity contribution in [2.24, 2.45) is 0 Å². The molecule has 0 radical (unpaired) electrons. The van der Waals surface area contributed by atoms with E-state index < -0.39 is 23.7 Å². The van der Waals surface area contributed by atoms with Crippen molar-refractivity contribution in [2.45, 2.75) is 18.7 Å². The average Bonchev–Trinajstić information content (AvgIpc) is 2.39. The summed E-state index contributed by atoms with van der Waals surface area (Å²) in [4.78, 5) is 0. The van der Waals surface area contributed by atoms with Gasteiger partial charge in [-0.3, -0.25) is 0 Å². The summed E-state index contributed by atoms with van der Waals surface area (Å²) in [5.74, 6) is -1.02. The Morgan fingerprint density at radius 1 is 1.05 bits per heavy atom. The van der Waals surface area contributed by atoms with Crippen LogP contribution in [0.1, 0.15) is 22.8 Å². The average molecular weight is 363 g/mol. The van der Waals surface area contributed by atoms with Crippen molar-refractivity contribution < 1.29 is 22.7 Å². The number of hydrogen-bond donors (Lipinski definition) is 1. The number of hydrogen-bond acceptors (Lipinski definition) is 1. The molecule has 2 aromatic rings. The molecule has 0 saturated carbocycles. The zero-order valence-electron chi connectivity index (χ0n) is 10.7. The topological polar surface area (TPSA) is 20.2 Å². The Bertz CT molecular complexity index is 623. The Kier molecular flexibility index (Phi) is 4.68. The summed E-state index contributed by atoms with van der Waals surface area (Å²) in [6.07, 6.45) is -5.75. The molecule has 1 nitrogen and oxygen atoms in total. The lowest BCUT2D eigenvalue weighted by atomic mass is 9.99. The zero-order chi connectivity index (χ0) is 15.6. The second-order valence-electron chi connectivity index (χ2n) is 4.62. The molecule has 0 aliphatic heterocycles. The van der Waals surface area contributed by atoms with Gasteiger partial charge in [0.05, 0.1) is 11.7 Å². The fourth-order valence-corrected chi connectivity index (χ4v) is 2.19. The van der Waals surface area contributed by atoms with Gasteiger partial charge in [0, 0.05) is 10.9 Å². The van der Waals surface area contributed by atoms with Gasteiger partial charge in [0.25, 0.3) is 0 Å². The van der Waals surface area contributed by atoms with Crippen LogP contribution in [0.15, 0.2) is 46.9 Å². The lowest BCUT2D eigenvalue weighted by Gasteiger charge is -2.14. The summed E-state index contributed by atoms with van der Waals surface area (Å²) in [7, 11) is 0. The van der Waals surface area contributed by atoms with Crippen LogP contribution in [0, 0.1) is 5.82 Å². The summed E-state index contributed by atoms with van der Waals surface area (Å²) < 4.78 is 52.0. The van der Waals surface area contributed by atoms with E-state index in [1.807, 2.05) is 0 Å². The lowest BCUT2D eigenvalue weighted by Crippen LogP contribution is -2.09. The van der Waals surface area contributed by atoms with Crippen LogP contribution in [-0.2, 0) is 12.6 Å². The minimum absolute atomic E-state index is 0.0924. The highest BCUT2D eigenvalue weighted by atomic mass is 79.9. The number of aliphatic hydroxyl groups is 1. The largest absolute Gasteiger partial charge is 0.416 e. The molecular formula is C15H11BrF4O. The van der Waals surface area contributed by atoms with Crippen LogP contribution in [0.4, 0.5) is 17.6 Å². The molecule has 0 aliphatic rings. The van der Waals surface area contributed by atoms with Crippen LogP contribution in [0.5, 0.6) is 0 Å². The van der Waals surface area contributed by atoms with Crippen molar-refractivity contribution in [3.8, 4) is 0 Å². The number of halogens is 5. The smallest absolute Gasteiger partial charge is 0.388 e. The van der Waals surface area contributed by atoms with Gasteiger partial charge < -0.3 is 5.11 Å². The highest BCUT2D eigenvalue weighted by Gasteiger charge is 2.31. The first-order valence-electron chi connectivity index (χ1n) is 6.06. The van der Waals surface area contributed by atoms with E-state index in [2.05, 4.69) is 15.9 Å². The van der Waals surface area contributed by atoms with Crippen LogP contribution in [0.25, 0.3) is 0 Å². The first kappa shape index (κ1) is 16.0. The zero-order valence-corrected chi connectivity index (χ0v) is 12.2. The maximum atomic E-state index is 13.3. The molecule has 0 fully saturated rings. The molecule has 1 N–H and O–H groups in total. The van der Waals surface area contributed by atoms with E-state index in [1.165, 1.54) is 0 Å². The van der Waals surface area contributed by atoms with Crippen molar-refractivity contribution in [1.29, 1.82) is 0 Å². The minimum Gasteiger partial charge on any atom is -0.388 e. The van der Waals surface area contributed by atoms with Gasteiger partial charge in [0.2, 0.25) is 0 Å². The standard InChI is InChI=1S/C15H11BrF4O/c16-12-3-1-9(2-4-12)5-14(21)10-6-11(15(18,19)20)8-13(17)7-10/h1-4,6-8,14,21H,5H2. The molecule has 0 aromatic heterocycles. The minimum atomic E-state index is -4.64. The molecule has 1 atom stereocenters. The van der Waals surface area contributed by atoms with Gasteiger partial charge >= 0.3 is 6.18 Å². The molecule has 21 heavy (non-hydrogen) atoms. The molecule has 0 amide bonds. The summed E-state index contributed by atoms with van der Waals surface area (Å²) in [6, 6.07) is 9.08. The fraction of sp³-hybridized carbons (Fsp3) is 0.200. The third-order valence-corrected chi connectivity index (χ3v) is 3.50. The van der Waals surface area contributed by atoms with Gasteiger partial charge in [-0.1, -0.05) is 28.1 Å². The second-order valence-corrected chi connectivity index (χ2v) is 5.53. The van der Waals surface area contributed by atoms with Crippen LogP contribution >= 0.6 is 15.9 Å². The molecule has 0 aliphatic carbocycles. The molecule has 0 bridgehead atoms. The third kappa shape index (κ3) is 4.28. The molecule has 6 heteroatoms. The van der Waals surface area contributed by atoms with E-state index in [-0.39, 0.29) is 12.0 Å². The van der Waals surface area contributed by atoms with Crippen LogP contribution in [0.2, 0.25) is 0 Å². The Hall–Kier alpha value is -1.40. The van der Waals surface area contributed by atoms with Crippen molar-refractivity contribution in [2.75, 3.05) is 0 Å². The Morgan fingerprint density at radius 2 is 1.67 bits per heavy atom. The van der Waals surface area contributed by atoms with E-state index >= 15 is 0 Å². The summed E-state index contributed by atoms with van der Waals surface area (Å²) in [6.45, 7) is 0. The molecule has 112 valence electrons. The van der Waals surface area contributed by atoms with E-state index in [9.17, 15) is 22.7 Å². The first-order chi connectivity index (χ1) is 9.75. The third-order valence-electron chi connectivity index (χ3n) is 2.97. The molecule has 2 aromatic carbocycles. The quantitative estimate of drug-likeness (QED) is 0.771. The van der Waals surface area contributed by atoms with Crippen molar-refractivity contribution in [1.82, 2.24) is 0 Å². The summed E-state index contributed by atoms with van der Waals surface area (Å²) in [5.41, 5.74) is -0.457. The van der Waals surface area contributed by atoms with Crippen molar-refractivity contribution in [3.63, 3.8) is 0 Å². The molecule has 0 saturated heterocycles. The second kappa shape index (κ2) is 6.15. The Balaban J connectivity index is 2.24. The van der Waals surface area contributed by atoms with Crippen molar-refractivity contribution in [3.05, 3.63) is 69.4 Å². The van der Waals surface area contributed by atoms with Gasteiger partial charge in [-0.15, -0.1) is 0 Å². The Labute approximate surface area is 127 Å². The monoisotopic (exact) mass is 362 g/mol. The summed E-state index contributed by atoms with van der Waals surface area (Å²) >= 11 is 3.26. The maximum Gasteiger partial charge on any atom is 0.416 e. The SMILES string of the molecule is OC(Cc1ccc(Br)cc1)c1cc(F)cc(C(F)(F)F)c1. The molecular weight excluding hydrogens is 352 g/mol. The van der Waals surface area contributed by atoms with Gasteiger partial charge in [-0.25, -0.2) is 4.39 Å². The normalized spacial score (nSPS) is 13.2. The van der Waals surface area contributed by atoms with Crippen molar-refractivity contribution >= 4 is 15.9 Å². The van der Waals surface area contributed by atoms with E-state index in [4.69, 9.17) is 0 Å². The fourth-order valence-electron chi connectivity index (χ4n) is 1.93. The highest BCUT2D eigenvalue weighted by Crippen LogP contribution is 2.32. The van der Waals surface area contributed by atoms with E-state index in [0.29, 0.717) is 6.07 Å². The first-order valence-corrected chi connectivity index (χ1v) is 6.85. The molecule has 0 spiro atoms. The highest BCUT2D eigenvalue weighted by molar-refractivity contribution is 9.10. The van der Waals surface area contributed by atoms with E-state index in [1.54, 1.807) is 24.3 Å². The molecule has 0 heterocycles. The van der Waals surface area contributed by atoms with Gasteiger partial charge in [0.1, 0.15) is 5.82 Å². The molecule has 2 rings (SSSR count). The molecule has 1 unspecified atom stereocenters. The van der Waals surface area contributed by atoms with Gasteiger partial charge in [-0.05, 0) is 41.5 Å². The predicted octanol–water partition coefficient (Wildman–Crippen LogP) is 4.88.